The molecule has 2 aromatic rings. The molecule has 3 N–H and O–H groups in total. The zero-order valence-electron chi connectivity index (χ0n) is 11.4. The number of anilines is 2. The van der Waals surface area contributed by atoms with Crippen LogP contribution in [0.2, 0.25) is 0 Å². The number of carbonyl (C=O) groups is 1. The number of nitrogen functional groups attached to an aromatic ring is 1. The Morgan fingerprint density at radius 1 is 1.20 bits per heavy atom. The molecule has 0 spiro atoms. The summed E-state index contributed by atoms with van der Waals surface area (Å²) < 4.78 is 0. The molecule has 0 atom stereocenters. The molecule has 104 valence electrons. The minimum Gasteiger partial charge on any atom is -0.397 e. The van der Waals surface area contributed by atoms with E-state index >= 15 is 0 Å². The Morgan fingerprint density at radius 3 is 2.60 bits per heavy atom. The predicted octanol–water partition coefficient (Wildman–Crippen LogP) is 2.22. The van der Waals surface area contributed by atoms with Crippen LogP contribution in [0, 0.1) is 6.92 Å². The molecular formula is C16H18N2O2. The third-order valence-electron chi connectivity index (χ3n) is 3.06. The summed E-state index contributed by atoms with van der Waals surface area (Å²) in [7, 11) is 0. The van der Waals surface area contributed by atoms with Gasteiger partial charge in [0.15, 0.2) is 0 Å². The molecule has 0 saturated carbocycles. The largest absolute Gasteiger partial charge is 0.397 e. The van der Waals surface area contributed by atoms with Gasteiger partial charge < -0.3 is 15.7 Å². The lowest BCUT2D eigenvalue weighted by Gasteiger charge is -2.23. The first kappa shape index (κ1) is 14.1. The van der Waals surface area contributed by atoms with E-state index < -0.39 is 0 Å². The molecule has 0 aromatic heterocycles. The second-order valence-electron chi connectivity index (χ2n) is 4.61. The van der Waals surface area contributed by atoms with Crippen molar-refractivity contribution in [2.24, 2.45) is 0 Å². The topological polar surface area (TPSA) is 66.6 Å². The fourth-order valence-electron chi connectivity index (χ4n) is 2.10. The van der Waals surface area contributed by atoms with Gasteiger partial charge in [0, 0.05) is 12.1 Å². The van der Waals surface area contributed by atoms with Crippen LogP contribution in [0.3, 0.4) is 0 Å². The van der Waals surface area contributed by atoms with Crippen LogP contribution in [0.1, 0.15) is 15.9 Å². The quantitative estimate of drug-likeness (QED) is 0.837. The molecule has 4 heteroatoms. The maximum Gasteiger partial charge on any atom is 0.258 e. The predicted molar refractivity (Wildman–Crippen MR) is 80.8 cm³/mol. The zero-order valence-corrected chi connectivity index (χ0v) is 11.4. The van der Waals surface area contributed by atoms with E-state index in [0.717, 1.165) is 5.56 Å². The molecule has 0 heterocycles. The van der Waals surface area contributed by atoms with Crippen molar-refractivity contribution in [1.82, 2.24) is 0 Å². The summed E-state index contributed by atoms with van der Waals surface area (Å²) in [4.78, 5) is 14.1. The third-order valence-corrected chi connectivity index (χ3v) is 3.06. The molecule has 20 heavy (non-hydrogen) atoms. The molecule has 1 amide bonds. The number of aliphatic hydroxyl groups is 1. The number of hydrogen-bond donors (Lipinski definition) is 2. The molecule has 0 unspecified atom stereocenters. The van der Waals surface area contributed by atoms with Crippen LogP contribution in [0.4, 0.5) is 11.4 Å². The van der Waals surface area contributed by atoms with E-state index in [2.05, 4.69) is 0 Å². The molecule has 0 aliphatic carbocycles. The van der Waals surface area contributed by atoms with E-state index in [9.17, 15) is 9.90 Å². The Morgan fingerprint density at radius 2 is 1.95 bits per heavy atom. The number of para-hydroxylation sites is 2. The maximum absolute atomic E-state index is 12.6. The van der Waals surface area contributed by atoms with Crippen LogP contribution in [-0.2, 0) is 0 Å². The summed E-state index contributed by atoms with van der Waals surface area (Å²) in [5, 5.41) is 9.20. The smallest absolute Gasteiger partial charge is 0.258 e. The highest BCUT2D eigenvalue weighted by molar-refractivity contribution is 6.07. The molecule has 0 fully saturated rings. The number of hydrogen-bond acceptors (Lipinski definition) is 3. The average Bonchev–Trinajstić information content (AvgIpc) is 2.45. The maximum atomic E-state index is 12.6. The Hall–Kier alpha value is -2.33. The van der Waals surface area contributed by atoms with Gasteiger partial charge in [-0.25, -0.2) is 0 Å². The first-order valence-electron chi connectivity index (χ1n) is 6.47. The van der Waals surface area contributed by atoms with Crippen molar-refractivity contribution >= 4 is 17.3 Å². The van der Waals surface area contributed by atoms with Crippen molar-refractivity contribution in [2.75, 3.05) is 23.8 Å². The number of aliphatic hydroxyl groups excluding tert-OH is 1. The molecule has 0 aliphatic rings. The zero-order chi connectivity index (χ0) is 14.5. The SMILES string of the molecule is Cc1cccc(C(=O)N(CCO)c2ccccc2N)c1. The summed E-state index contributed by atoms with van der Waals surface area (Å²) >= 11 is 0. The molecule has 0 saturated heterocycles. The van der Waals surface area contributed by atoms with Gasteiger partial charge in [-0.1, -0.05) is 29.8 Å². The Kier molecular flexibility index (Phi) is 4.38. The van der Waals surface area contributed by atoms with Crippen LogP contribution >= 0.6 is 0 Å². The van der Waals surface area contributed by atoms with Gasteiger partial charge in [-0.15, -0.1) is 0 Å². The van der Waals surface area contributed by atoms with Gasteiger partial charge in [0.25, 0.3) is 5.91 Å². The van der Waals surface area contributed by atoms with Gasteiger partial charge >= 0.3 is 0 Å². The fourth-order valence-corrected chi connectivity index (χ4v) is 2.10. The number of benzene rings is 2. The number of aryl methyl sites for hydroxylation is 1. The molecule has 4 nitrogen and oxygen atoms in total. The standard InChI is InChI=1S/C16H18N2O2/c1-12-5-4-6-13(11-12)16(20)18(9-10-19)15-8-3-2-7-14(15)17/h2-8,11,19H,9-10,17H2,1H3. The van der Waals surface area contributed by atoms with Gasteiger partial charge in [-0.3, -0.25) is 4.79 Å². The van der Waals surface area contributed by atoms with Crippen molar-refractivity contribution in [2.45, 2.75) is 6.92 Å². The lowest BCUT2D eigenvalue weighted by Crippen LogP contribution is -2.34. The Bertz CT molecular complexity index is 611. The van der Waals surface area contributed by atoms with E-state index in [1.54, 1.807) is 18.2 Å². The van der Waals surface area contributed by atoms with Crippen molar-refractivity contribution in [3.63, 3.8) is 0 Å². The summed E-state index contributed by atoms with van der Waals surface area (Å²) in [5.74, 6) is -0.166. The van der Waals surface area contributed by atoms with E-state index in [4.69, 9.17) is 5.73 Å². The normalized spacial score (nSPS) is 10.3. The van der Waals surface area contributed by atoms with Crippen molar-refractivity contribution < 1.29 is 9.90 Å². The molecule has 2 rings (SSSR count). The first-order chi connectivity index (χ1) is 9.63. The Balaban J connectivity index is 2.39. The lowest BCUT2D eigenvalue weighted by atomic mass is 10.1. The summed E-state index contributed by atoms with van der Waals surface area (Å²) in [5.41, 5.74) is 8.66. The van der Waals surface area contributed by atoms with Gasteiger partial charge in [0.05, 0.1) is 18.0 Å². The highest BCUT2D eigenvalue weighted by Gasteiger charge is 2.18. The average molecular weight is 270 g/mol. The van der Waals surface area contributed by atoms with Gasteiger partial charge in [-0.2, -0.15) is 0 Å². The Labute approximate surface area is 118 Å². The minimum absolute atomic E-state index is 0.119. The second kappa shape index (κ2) is 6.21. The number of rotatable bonds is 4. The molecule has 0 aliphatic heterocycles. The highest BCUT2D eigenvalue weighted by Crippen LogP contribution is 2.24. The van der Waals surface area contributed by atoms with Crippen molar-refractivity contribution in [1.29, 1.82) is 0 Å². The lowest BCUT2D eigenvalue weighted by molar-refractivity contribution is 0.0981. The molecule has 0 radical (unpaired) electrons. The van der Waals surface area contributed by atoms with E-state index in [1.165, 1.54) is 4.90 Å². The van der Waals surface area contributed by atoms with Crippen LogP contribution in [0.15, 0.2) is 48.5 Å². The number of carbonyl (C=O) groups excluding carboxylic acids is 1. The van der Waals surface area contributed by atoms with Crippen LogP contribution in [-0.4, -0.2) is 24.2 Å². The fraction of sp³-hybridized carbons (Fsp3) is 0.188. The van der Waals surface area contributed by atoms with Gasteiger partial charge in [0.1, 0.15) is 0 Å². The van der Waals surface area contributed by atoms with E-state index in [-0.39, 0.29) is 19.1 Å². The second-order valence-corrected chi connectivity index (χ2v) is 4.61. The number of nitrogens with zero attached hydrogens (tertiary/aromatic N) is 1. The van der Waals surface area contributed by atoms with Crippen LogP contribution < -0.4 is 10.6 Å². The van der Waals surface area contributed by atoms with Crippen LogP contribution in [0.25, 0.3) is 0 Å². The van der Waals surface area contributed by atoms with Gasteiger partial charge in [0.2, 0.25) is 0 Å². The minimum atomic E-state index is -0.166. The summed E-state index contributed by atoms with van der Waals surface area (Å²) in [6, 6.07) is 14.5. The van der Waals surface area contributed by atoms with E-state index in [1.807, 2.05) is 37.3 Å². The number of nitrogens with two attached hydrogens (primary N) is 1. The molecular weight excluding hydrogens is 252 g/mol. The van der Waals surface area contributed by atoms with Crippen molar-refractivity contribution in [3.05, 3.63) is 59.7 Å². The van der Waals surface area contributed by atoms with Crippen LogP contribution in [0.5, 0.6) is 0 Å². The number of amides is 1. The van der Waals surface area contributed by atoms with E-state index in [0.29, 0.717) is 16.9 Å². The third kappa shape index (κ3) is 2.97. The highest BCUT2D eigenvalue weighted by atomic mass is 16.3. The van der Waals surface area contributed by atoms with Gasteiger partial charge in [-0.05, 0) is 31.2 Å². The molecule has 0 bridgehead atoms. The molecule has 2 aromatic carbocycles. The van der Waals surface area contributed by atoms with Crippen molar-refractivity contribution in [3.8, 4) is 0 Å². The monoisotopic (exact) mass is 270 g/mol. The summed E-state index contributed by atoms with van der Waals surface area (Å²) in [6.07, 6.45) is 0. The first-order valence-corrected chi connectivity index (χ1v) is 6.47. The summed E-state index contributed by atoms with van der Waals surface area (Å²) in [6.45, 7) is 2.02.